The average Bonchev–Trinajstić information content (AvgIpc) is 2.76. The van der Waals surface area contributed by atoms with Gasteiger partial charge in [0.05, 0.1) is 18.7 Å². The van der Waals surface area contributed by atoms with Gasteiger partial charge in [-0.25, -0.2) is 5.43 Å². The summed E-state index contributed by atoms with van der Waals surface area (Å²) in [5.74, 6) is 0.759. The molecule has 0 saturated carbocycles. The Hall–Kier alpha value is -3.04. The zero-order chi connectivity index (χ0) is 21.1. The van der Waals surface area contributed by atoms with Gasteiger partial charge in [-0.3, -0.25) is 9.59 Å². The number of hydrogen-bond donors (Lipinski definition) is 2. The molecule has 0 fully saturated rings. The van der Waals surface area contributed by atoms with Crippen molar-refractivity contribution < 1.29 is 9.59 Å². The first-order valence-electron chi connectivity index (χ1n) is 9.28. The number of carbonyl (C=O) groups excluding carboxylic acids is 2. The molecule has 2 aromatic rings. The van der Waals surface area contributed by atoms with Gasteiger partial charge in [-0.2, -0.15) is 5.10 Å². The molecular formula is C23H26N3O2P. The van der Waals surface area contributed by atoms with E-state index in [1.807, 2.05) is 79.5 Å². The molecule has 2 rings (SSSR count). The molecule has 2 amide bonds. The van der Waals surface area contributed by atoms with Crippen LogP contribution < -0.4 is 10.7 Å². The number of allylic oxidation sites excluding steroid dienone is 2. The highest BCUT2D eigenvalue weighted by atomic mass is 31.1. The van der Waals surface area contributed by atoms with Gasteiger partial charge in [0.1, 0.15) is 0 Å². The number of nitrogens with one attached hydrogen (secondary N) is 2. The molecule has 0 aliphatic heterocycles. The van der Waals surface area contributed by atoms with Crippen LogP contribution in [-0.2, 0) is 9.59 Å². The van der Waals surface area contributed by atoms with Crippen molar-refractivity contribution in [3.05, 3.63) is 95.6 Å². The third-order valence-corrected chi connectivity index (χ3v) is 6.05. The normalized spacial score (nSPS) is 12.6. The van der Waals surface area contributed by atoms with Crippen LogP contribution in [0.25, 0.3) is 0 Å². The van der Waals surface area contributed by atoms with Gasteiger partial charge in [0.25, 0.3) is 5.91 Å². The Balaban J connectivity index is 2.00. The highest BCUT2D eigenvalue weighted by molar-refractivity contribution is 7.65. The van der Waals surface area contributed by atoms with Crippen molar-refractivity contribution >= 4 is 26.0 Å². The Labute approximate surface area is 173 Å². The molecule has 2 aromatic carbocycles. The molecule has 0 aromatic heterocycles. The number of rotatable bonds is 9. The Morgan fingerprint density at radius 3 is 2.10 bits per heavy atom. The van der Waals surface area contributed by atoms with Crippen molar-refractivity contribution in [2.24, 2.45) is 5.10 Å². The van der Waals surface area contributed by atoms with Crippen molar-refractivity contribution in [1.29, 1.82) is 0 Å². The van der Waals surface area contributed by atoms with Gasteiger partial charge in [-0.05, 0) is 30.0 Å². The molecule has 5 nitrogen and oxygen atoms in total. The average molecular weight is 407 g/mol. The zero-order valence-corrected chi connectivity index (χ0v) is 17.6. The van der Waals surface area contributed by atoms with Crippen LogP contribution in [-0.4, -0.2) is 31.2 Å². The SMILES string of the molecule is C=CP(C)C(=C\C)/C=N/NC(=O)CNC(=O)C(c1ccccc1)c1ccccc1. The van der Waals surface area contributed by atoms with Gasteiger partial charge in [0, 0.05) is 0 Å². The second kappa shape index (κ2) is 11.7. The fourth-order valence-electron chi connectivity index (χ4n) is 2.74. The Morgan fingerprint density at radius 1 is 1.07 bits per heavy atom. The lowest BCUT2D eigenvalue weighted by atomic mass is 9.90. The summed E-state index contributed by atoms with van der Waals surface area (Å²) < 4.78 is 0. The predicted molar refractivity (Wildman–Crippen MR) is 121 cm³/mol. The lowest BCUT2D eigenvalue weighted by Crippen LogP contribution is -2.37. The Morgan fingerprint density at radius 2 is 1.62 bits per heavy atom. The van der Waals surface area contributed by atoms with Crippen LogP contribution in [0.15, 0.2) is 89.6 Å². The fourth-order valence-corrected chi connectivity index (χ4v) is 3.60. The van der Waals surface area contributed by atoms with Gasteiger partial charge >= 0.3 is 0 Å². The standard InChI is InChI=1S/C23H26N3O2P/c1-4-20(29(3)5-2)16-25-26-21(27)17-24-23(28)22(18-12-8-6-9-13-18)19-14-10-7-11-15-19/h4-16,22H,2,17H2,1,3H3,(H,24,28)(H,26,27)/b20-4-,25-16+. The molecule has 0 spiro atoms. The molecule has 0 bridgehead atoms. The number of amides is 2. The summed E-state index contributed by atoms with van der Waals surface area (Å²) in [6.45, 7) is 7.60. The Bertz CT molecular complexity index is 840. The highest BCUT2D eigenvalue weighted by Crippen LogP contribution is 2.40. The lowest BCUT2D eigenvalue weighted by molar-refractivity contribution is -0.126. The van der Waals surface area contributed by atoms with Crippen molar-refractivity contribution in [3.8, 4) is 0 Å². The van der Waals surface area contributed by atoms with Crippen molar-refractivity contribution in [2.45, 2.75) is 12.8 Å². The second-order valence-corrected chi connectivity index (χ2v) is 8.38. The van der Waals surface area contributed by atoms with E-state index >= 15 is 0 Å². The van der Waals surface area contributed by atoms with Crippen LogP contribution in [0.2, 0.25) is 0 Å². The molecule has 0 radical (unpaired) electrons. The smallest absolute Gasteiger partial charge is 0.259 e. The first-order valence-corrected chi connectivity index (χ1v) is 11.1. The molecule has 0 aliphatic carbocycles. The van der Waals surface area contributed by atoms with E-state index in [2.05, 4.69) is 29.1 Å². The highest BCUT2D eigenvalue weighted by Gasteiger charge is 2.22. The minimum absolute atomic E-state index is 0.153. The van der Waals surface area contributed by atoms with Crippen LogP contribution in [0.4, 0.5) is 0 Å². The van der Waals surface area contributed by atoms with E-state index in [1.165, 1.54) is 0 Å². The van der Waals surface area contributed by atoms with Crippen LogP contribution >= 0.6 is 7.92 Å². The van der Waals surface area contributed by atoms with E-state index in [-0.39, 0.29) is 18.4 Å². The molecule has 1 unspecified atom stereocenters. The van der Waals surface area contributed by atoms with Gasteiger partial charge in [0.2, 0.25) is 5.91 Å². The van der Waals surface area contributed by atoms with E-state index in [0.717, 1.165) is 16.4 Å². The predicted octanol–water partition coefficient (Wildman–Crippen LogP) is 4.20. The van der Waals surface area contributed by atoms with E-state index in [1.54, 1.807) is 6.21 Å². The van der Waals surface area contributed by atoms with E-state index in [0.29, 0.717) is 0 Å². The topological polar surface area (TPSA) is 70.6 Å². The summed E-state index contributed by atoms with van der Waals surface area (Å²) in [5.41, 5.74) is 4.19. The first kappa shape index (κ1) is 22.3. The van der Waals surface area contributed by atoms with Crippen molar-refractivity contribution in [2.75, 3.05) is 13.2 Å². The molecule has 0 aliphatic rings. The number of carbonyl (C=O) groups is 2. The van der Waals surface area contributed by atoms with Crippen molar-refractivity contribution in [3.63, 3.8) is 0 Å². The van der Waals surface area contributed by atoms with Crippen LogP contribution in [0.5, 0.6) is 0 Å². The molecular weight excluding hydrogens is 381 g/mol. The summed E-state index contributed by atoms with van der Waals surface area (Å²) in [4.78, 5) is 24.9. The molecule has 0 heterocycles. The minimum atomic E-state index is -0.496. The molecule has 0 saturated heterocycles. The third-order valence-electron chi connectivity index (χ3n) is 4.31. The zero-order valence-electron chi connectivity index (χ0n) is 16.7. The van der Waals surface area contributed by atoms with Crippen molar-refractivity contribution in [1.82, 2.24) is 10.7 Å². The number of hydrazone groups is 1. The van der Waals surface area contributed by atoms with Crippen LogP contribution in [0.1, 0.15) is 24.0 Å². The second-order valence-electron chi connectivity index (χ2n) is 6.27. The maximum absolute atomic E-state index is 12.9. The fraction of sp³-hybridized carbons (Fsp3) is 0.174. The summed E-state index contributed by atoms with van der Waals surface area (Å²) >= 11 is 0. The van der Waals surface area contributed by atoms with Gasteiger partial charge in [0.15, 0.2) is 0 Å². The largest absolute Gasteiger partial charge is 0.346 e. The maximum Gasteiger partial charge on any atom is 0.259 e. The van der Waals surface area contributed by atoms with E-state index in [4.69, 9.17) is 0 Å². The number of benzene rings is 2. The number of hydrogen-bond acceptors (Lipinski definition) is 3. The first-order chi connectivity index (χ1) is 14.1. The molecule has 29 heavy (non-hydrogen) atoms. The molecule has 2 N–H and O–H groups in total. The maximum atomic E-state index is 12.9. The lowest BCUT2D eigenvalue weighted by Gasteiger charge is -2.17. The molecule has 1 atom stereocenters. The summed E-state index contributed by atoms with van der Waals surface area (Å²) in [6.07, 6.45) is 3.55. The van der Waals surface area contributed by atoms with Crippen LogP contribution in [0.3, 0.4) is 0 Å². The van der Waals surface area contributed by atoms with Crippen LogP contribution in [0, 0.1) is 0 Å². The monoisotopic (exact) mass is 407 g/mol. The van der Waals surface area contributed by atoms with E-state index < -0.39 is 13.8 Å². The third kappa shape index (κ3) is 6.81. The number of nitrogens with zero attached hydrogens (tertiary/aromatic N) is 1. The summed E-state index contributed by atoms with van der Waals surface area (Å²) in [7, 11) is -0.496. The van der Waals surface area contributed by atoms with Gasteiger partial charge in [-0.15, -0.1) is 0 Å². The molecule has 6 heteroatoms. The minimum Gasteiger partial charge on any atom is -0.346 e. The van der Waals surface area contributed by atoms with Gasteiger partial charge in [-0.1, -0.05) is 87.1 Å². The van der Waals surface area contributed by atoms with Gasteiger partial charge < -0.3 is 5.32 Å². The Kier molecular flexibility index (Phi) is 9.00. The summed E-state index contributed by atoms with van der Waals surface area (Å²) in [6, 6.07) is 19.0. The van der Waals surface area contributed by atoms with E-state index in [9.17, 15) is 9.59 Å². The quantitative estimate of drug-likeness (QED) is 0.372. The summed E-state index contributed by atoms with van der Waals surface area (Å²) in [5, 5.41) is 7.70. The molecule has 150 valence electrons.